The molecule has 0 aromatic heterocycles. The van der Waals surface area contributed by atoms with Crippen LogP contribution in [0.15, 0.2) is 28.4 Å². The van der Waals surface area contributed by atoms with Crippen LogP contribution in [0.4, 0.5) is 10.5 Å². The van der Waals surface area contributed by atoms with Gasteiger partial charge < -0.3 is 36.4 Å². The van der Waals surface area contributed by atoms with Crippen molar-refractivity contribution in [1.82, 2.24) is 36.4 Å². The standard InChI is InChI=1S/C33H51N9O5/c1-6-41(7-2)16-10-14-34-28(44)23-18-24(29(45)35-15-11-17-42(8-3)9-4)20-25(19-23)39-40-33(22(5)43)30(46)38-32(33)13-12-26-27(21-32)37-31(47)36-26/h18-20,26-27H,6-17,21H2,1-5H3,(H,34,44)(H,35,45)(H,38,46)(H2,36,37,47). The SMILES string of the molecule is CCN(CC)CCCNC(=O)c1cc(N=NC2(C(C)=O)C(=O)NC23CCC2NC(=O)NC2C3)cc(C(=O)NCCCN(CC)CC)c1. The Bertz CT molecular complexity index is 1300. The molecule has 1 aromatic rings. The number of carbonyl (C=O) groups excluding carboxylic acids is 5. The Morgan fingerprint density at radius 1 is 0.851 bits per heavy atom. The molecule has 1 spiro atoms. The minimum atomic E-state index is -1.79. The predicted octanol–water partition coefficient (Wildman–Crippen LogP) is 2.12. The van der Waals surface area contributed by atoms with E-state index < -0.39 is 22.8 Å². The van der Waals surface area contributed by atoms with E-state index in [0.29, 0.717) is 32.4 Å². The molecule has 3 fully saturated rings. The highest BCUT2D eigenvalue weighted by atomic mass is 16.2. The minimum Gasteiger partial charge on any atom is -0.352 e. The molecule has 258 valence electrons. The minimum absolute atomic E-state index is 0.0949. The number of carbonyl (C=O) groups is 5. The van der Waals surface area contributed by atoms with E-state index in [1.54, 1.807) is 0 Å². The number of nitrogens with one attached hydrogen (secondary N) is 5. The van der Waals surface area contributed by atoms with E-state index in [1.807, 2.05) is 0 Å². The summed E-state index contributed by atoms with van der Waals surface area (Å²) < 4.78 is 0. The maximum absolute atomic E-state index is 13.3. The Morgan fingerprint density at radius 3 is 1.87 bits per heavy atom. The quantitative estimate of drug-likeness (QED) is 0.0740. The number of nitrogens with zero attached hydrogens (tertiary/aromatic N) is 4. The number of benzene rings is 1. The van der Waals surface area contributed by atoms with E-state index in [9.17, 15) is 24.0 Å². The predicted molar refractivity (Wildman–Crippen MR) is 178 cm³/mol. The molecule has 4 unspecified atom stereocenters. The lowest BCUT2D eigenvalue weighted by Crippen LogP contribution is -2.84. The molecule has 1 saturated carbocycles. The van der Waals surface area contributed by atoms with Gasteiger partial charge in [-0.3, -0.25) is 19.2 Å². The van der Waals surface area contributed by atoms with Crippen LogP contribution in [0.3, 0.4) is 0 Å². The maximum atomic E-state index is 13.3. The van der Waals surface area contributed by atoms with Gasteiger partial charge in [-0.15, -0.1) is 0 Å². The molecule has 2 aliphatic heterocycles. The van der Waals surface area contributed by atoms with E-state index >= 15 is 0 Å². The molecule has 1 aromatic carbocycles. The van der Waals surface area contributed by atoms with Crippen molar-refractivity contribution in [2.24, 2.45) is 10.2 Å². The number of hydrogen-bond acceptors (Lipinski definition) is 9. The Balaban J connectivity index is 1.57. The van der Waals surface area contributed by atoms with Crippen LogP contribution >= 0.6 is 0 Å². The van der Waals surface area contributed by atoms with Gasteiger partial charge in [0, 0.05) is 24.2 Å². The van der Waals surface area contributed by atoms with E-state index in [2.05, 4.69) is 74.3 Å². The first-order valence-corrected chi connectivity index (χ1v) is 17.0. The second-order valence-electron chi connectivity index (χ2n) is 12.6. The van der Waals surface area contributed by atoms with Gasteiger partial charge in [0.25, 0.3) is 17.7 Å². The van der Waals surface area contributed by atoms with Crippen LogP contribution < -0.4 is 26.6 Å². The third kappa shape index (κ3) is 7.81. The molecule has 0 bridgehead atoms. The first-order chi connectivity index (χ1) is 22.5. The lowest BCUT2D eigenvalue weighted by molar-refractivity contribution is -0.155. The zero-order valence-electron chi connectivity index (χ0n) is 28.4. The van der Waals surface area contributed by atoms with Crippen LogP contribution in [-0.2, 0) is 9.59 Å². The zero-order valence-corrected chi connectivity index (χ0v) is 28.4. The van der Waals surface area contributed by atoms with E-state index in [4.69, 9.17) is 0 Å². The smallest absolute Gasteiger partial charge is 0.315 e. The molecule has 14 nitrogen and oxygen atoms in total. The average molecular weight is 654 g/mol. The number of rotatable bonds is 17. The molecular weight excluding hydrogens is 602 g/mol. The Kier molecular flexibility index (Phi) is 12.1. The number of fused-ring (bicyclic) bond motifs is 1. The Hall–Kier alpha value is -3.91. The Morgan fingerprint density at radius 2 is 1.38 bits per heavy atom. The fourth-order valence-corrected chi connectivity index (χ4v) is 6.99. The second kappa shape index (κ2) is 15.8. The second-order valence-corrected chi connectivity index (χ2v) is 12.6. The number of β-lactam (4-membered cyclic amide) rings is 1. The highest BCUT2D eigenvalue weighted by Crippen LogP contribution is 2.47. The van der Waals surface area contributed by atoms with Crippen molar-refractivity contribution in [3.8, 4) is 0 Å². The van der Waals surface area contributed by atoms with Crippen molar-refractivity contribution in [1.29, 1.82) is 0 Å². The highest BCUT2D eigenvalue weighted by Gasteiger charge is 2.72. The van der Waals surface area contributed by atoms with Crippen LogP contribution in [0.2, 0.25) is 0 Å². The van der Waals surface area contributed by atoms with Gasteiger partial charge in [-0.25, -0.2) is 4.79 Å². The third-order valence-corrected chi connectivity index (χ3v) is 9.87. The highest BCUT2D eigenvalue weighted by molar-refractivity contribution is 6.17. The molecule has 2 saturated heterocycles. The topological polar surface area (TPSA) is 177 Å². The summed E-state index contributed by atoms with van der Waals surface area (Å²) in [4.78, 5) is 69.4. The van der Waals surface area contributed by atoms with Gasteiger partial charge in [-0.05, 0) is 96.5 Å². The van der Waals surface area contributed by atoms with E-state index in [1.165, 1.54) is 25.1 Å². The number of azo groups is 1. The zero-order chi connectivity index (χ0) is 34.2. The average Bonchev–Trinajstić information content (AvgIpc) is 3.43. The maximum Gasteiger partial charge on any atom is 0.315 e. The van der Waals surface area contributed by atoms with Gasteiger partial charge in [0.1, 0.15) is 0 Å². The fourth-order valence-electron chi connectivity index (χ4n) is 6.99. The summed E-state index contributed by atoms with van der Waals surface area (Å²) in [7, 11) is 0. The van der Waals surface area contributed by atoms with Crippen molar-refractivity contribution >= 4 is 35.2 Å². The Labute approximate surface area is 277 Å². The van der Waals surface area contributed by atoms with Gasteiger partial charge in [0.15, 0.2) is 5.78 Å². The van der Waals surface area contributed by atoms with Gasteiger partial charge in [0.05, 0.1) is 23.3 Å². The lowest BCUT2D eigenvalue weighted by Gasteiger charge is -2.57. The summed E-state index contributed by atoms with van der Waals surface area (Å²) in [5, 5.41) is 23.3. The normalized spacial score (nSPS) is 24.9. The molecule has 2 heterocycles. The van der Waals surface area contributed by atoms with Crippen LogP contribution in [0, 0.1) is 0 Å². The summed E-state index contributed by atoms with van der Waals surface area (Å²) in [6, 6.07) is 3.90. The molecule has 0 radical (unpaired) electrons. The fraction of sp³-hybridized carbons (Fsp3) is 0.667. The molecule has 14 heteroatoms. The van der Waals surface area contributed by atoms with Crippen LogP contribution in [0.1, 0.15) is 87.4 Å². The lowest BCUT2D eigenvalue weighted by atomic mass is 9.58. The summed E-state index contributed by atoms with van der Waals surface area (Å²) in [5.74, 6) is -1.75. The summed E-state index contributed by atoms with van der Waals surface area (Å²) in [5.41, 5.74) is -2.18. The monoisotopic (exact) mass is 653 g/mol. The van der Waals surface area contributed by atoms with Crippen molar-refractivity contribution in [3.63, 3.8) is 0 Å². The van der Waals surface area contributed by atoms with Crippen molar-refractivity contribution in [2.75, 3.05) is 52.4 Å². The van der Waals surface area contributed by atoms with Crippen LogP contribution in [-0.4, -0.2) is 115 Å². The van der Waals surface area contributed by atoms with Gasteiger partial charge in [0.2, 0.25) is 5.54 Å². The summed E-state index contributed by atoms with van der Waals surface area (Å²) >= 11 is 0. The molecule has 4 atom stereocenters. The molecule has 5 amide bonds. The molecule has 5 N–H and O–H groups in total. The summed E-state index contributed by atoms with van der Waals surface area (Å²) in [6.45, 7) is 16.0. The van der Waals surface area contributed by atoms with Gasteiger partial charge in [-0.2, -0.15) is 10.2 Å². The molecule has 3 aliphatic rings. The number of hydrogen-bond donors (Lipinski definition) is 5. The van der Waals surface area contributed by atoms with E-state index in [-0.39, 0.29) is 46.7 Å². The molecule has 47 heavy (non-hydrogen) atoms. The molecule has 4 rings (SSSR count). The third-order valence-electron chi connectivity index (χ3n) is 9.87. The molecule has 1 aliphatic carbocycles. The molecular formula is C33H51N9O5. The van der Waals surface area contributed by atoms with Crippen molar-refractivity contribution in [3.05, 3.63) is 29.3 Å². The number of Topliss-reactive ketones (excluding diaryl/α,β-unsaturated/α-hetero) is 1. The first-order valence-electron chi connectivity index (χ1n) is 17.0. The van der Waals surface area contributed by atoms with Crippen LogP contribution in [0.5, 0.6) is 0 Å². The van der Waals surface area contributed by atoms with Crippen molar-refractivity contribution < 1.29 is 24.0 Å². The van der Waals surface area contributed by atoms with Crippen LogP contribution in [0.25, 0.3) is 0 Å². The first kappa shape index (κ1) is 35.9. The summed E-state index contributed by atoms with van der Waals surface area (Å²) in [6.07, 6.45) is 2.83. The number of ketones is 1. The number of urea groups is 1. The van der Waals surface area contributed by atoms with Gasteiger partial charge >= 0.3 is 6.03 Å². The largest absolute Gasteiger partial charge is 0.352 e. The van der Waals surface area contributed by atoms with Crippen molar-refractivity contribution in [2.45, 2.75) is 89.9 Å². The van der Waals surface area contributed by atoms with E-state index in [0.717, 1.165) is 52.1 Å². The number of amides is 5. The van der Waals surface area contributed by atoms with Gasteiger partial charge in [-0.1, -0.05) is 27.7 Å².